The number of nitrogens with zero attached hydrogens (tertiary/aromatic N) is 10. The van der Waals surface area contributed by atoms with Gasteiger partial charge in [-0.25, -0.2) is 49.8 Å². The van der Waals surface area contributed by atoms with Gasteiger partial charge in [-0.2, -0.15) is 0 Å². The number of aromatic nitrogens is 10. The Balaban J connectivity index is 0.636. The quantitative estimate of drug-likeness (QED) is 0.114. The summed E-state index contributed by atoms with van der Waals surface area (Å²) in [7, 11) is 0. The maximum absolute atomic E-state index is 6.96. The van der Waals surface area contributed by atoms with Gasteiger partial charge in [0.1, 0.15) is 22.3 Å². The van der Waals surface area contributed by atoms with Gasteiger partial charge in [-0.15, -0.1) is 22.7 Å². The molecule has 14 heteroatoms. The van der Waals surface area contributed by atoms with Crippen LogP contribution in [0.15, 0.2) is 324 Å². The molecular weight excluding hydrogens is 1340 g/mol. The van der Waals surface area contributed by atoms with E-state index in [9.17, 15) is 0 Å². The molecule has 0 aliphatic rings. The molecule has 0 fully saturated rings. The first-order chi connectivity index (χ1) is 52.5. The molecule has 0 aliphatic heterocycles. The Bertz CT molecular complexity index is 7040. The molecule has 0 unspecified atom stereocenters. The van der Waals surface area contributed by atoms with E-state index in [0.717, 1.165) is 151 Å². The number of rotatable bonds is 12. The smallest absolute Gasteiger partial charge is 0.164 e. The predicted molar refractivity (Wildman–Crippen MR) is 430 cm³/mol. The van der Waals surface area contributed by atoms with E-state index in [1.54, 1.807) is 22.7 Å². The second-order valence-electron chi connectivity index (χ2n) is 26.1. The van der Waals surface area contributed by atoms with Gasteiger partial charge in [-0.3, -0.25) is 0 Å². The van der Waals surface area contributed by atoms with Crippen LogP contribution < -0.4 is 0 Å². The summed E-state index contributed by atoms with van der Waals surface area (Å²) in [5.74, 6) is 4.47. The van der Waals surface area contributed by atoms with Gasteiger partial charge < -0.3 is 8.83 Å². The lowest BCUT2D eigenvalue weighted by molar-refractivity contribution is 0.669. The van der Waals surface area contributed by atoms with E-state index in [1.165, 1.54) is 0 Å². The van der Waals surface area contributed by atoms with Crippen LogP contribution in [0.3, 0.4) is 0 Å². The van der Waals surface area contributed by atoms with Crippen LogP contribution in [-0.2, 0) is 0 Å². The minimum Gasteiger partial charge on any atom is -0.455 e. The van der Waals surface area contributed by atoms with Crippen molar-refractivity contribution in [1.82, 2.24) is 49.8 Å². The molecule has 0 bridgehead atoms. The maximum atomic E-state index is 6.96. The molecule has 494 valence electrons. The van der Waals surface area contributed by atoms with Crippen molar-refractivity contribution in [2.24, 2.45) is 0 Å². The molecule has 21 rings (SSSR count). The molecule has 0 spiro atoms. The molecule has 106 heavy (non-hydrogen) atoms. The van der Waals surface area contributed by atoms with Crippen molar-refractivity contribution in [2.75, 3.05) is 0 Å². The summed E-state index contributed by atoms with van der Waals surface area (Å²) in [6.07, 6.45) is 0. The molecule has 12 nitrogen and oxygen atoms in total. The van der Waals surface area contributed by atoms with E-state index in [1.807, 2.05) is 121 Å². The largest absolute Gasteiger partial charge is 0.455 e. The molecule has 0 N–H and O–H groups in total. The molecule has 0 saturated heterocycles. The average Bonchev–Trinajstić information content (AvgIpc) is 1.58. The number of furan rings is 2. The summed E-state index contributed by atoms with van der Waals surface area (Å²) in [5, 5.41) is 5.85. The third-order valence-electron chi connectivity index (χ3n) is 19.6. The lowest BCUT2D eigenvalue weighted by Gasteiger charge is -2.12. The van der Waals surface area contributed by atoms with Gasteiger partial charge in [0.15, 0.2) is 46.6 Å². The van der Waals surface area contributed by atoms with Gasteiger partial charge in [0.2, 0.25) is 0 Å². The first-order valence-electron chi connectivity index (χ1n) is 34.8. The highest BCUT2D eigenvalue weighted by molar-refractivity contribution is 7.26. The van der Waals surface area contributed by atoms with E-state index in [4.69, 9.17) is 58.7 Å². The Hall–Kier alpha value is -13.9. The summed E-state index contributed by atoms with van der Waals surface area (Å²) >= 11 is 3.42. The zero-order valence-electron chi connectivity index (χ0n) is 56.1. The van der Waals surface area contributed by atoms with E-state index in [2.05, 4.69) is 194 Å². The number of para-hydroxylation sites is 2. The molecule has 8 heterocycles. The molecule has 8 aromatic heterocycles. The van der Waals surface area contributed by atoms with E-state index in [-0.39, 0.29) is 0 Å². The molecule has 0 amide bonds. The Morgan fingerprint density at radius 2 is 0.566 bits per heavy atom. The predicted octanol–water partition coefficient (Wildman–Crippen LogP) is 24.2. The van der Waals surface area contributed by atoms with Gasteiger partial charge in [0.05, 0.1) is 42.9 Å². The third-order valence-corrected chi connectivity index (χ3v) is 22.0. The summed E-state index contributed by atoms with van der Waals surface area (Å²) in [4.78, 5) is 52.5. The zero-order chi connectivity index (χ0) is 69.8. The lowest BCUT2D eigenvalue weighted by Crippen LogP contribution is -2.00. The maximum Gasteiger partial charge on any atom is 0.164 e. The van der Waals surface area contributed by atoms with Crippen LogP contribution in [0.2, 0.25) is 0 Å². The highest BCUT2D eigenvalue weighted by atomic mass is 32.1. The number of hydrogen-bond donors (Lipinski definition) is 0. The Morgan fingerprint density at radius 3 is 1.11 bits per heavy atom. The summed E-state index contributed by atoms with van der Waals surface area (Å²) in [5.41, 5.74) is 19.1. The van der Waals surface area contributed by atoms with E-state index in [0.29, 0.717) is 68.9 Å². The molecule has 13 aromatic carbocycles. The van der Waals surface area contributed by atoms with Gasteiger partial charge in [0.25, 0.3) is 0 Å². The van der Waals surface area contributed by atoms with Crippen molar-refractivity contribution in [2.45, 2.75) is 0 Å². The highest BCUT2D eigenvalue weighted by Gasteiger charge is 2.26. The second-order valence-corrected chi connectivity index (χ2v) is 28.2. The van der Waals surface area contributed by atoms with Crippen LogP contribution in [0.25, 0.3) is 220 Å². The average molecular weight is 1390 g/mol. The van der Waals surface area contributed by atoms with Gasteiger partial charge in [0, 0.05) is 86.2 Å². The minimum absolute atomic E-state index is 0.516. The number of fused-ring (bicyclic) bond motifs is 12. The van der Waals surface area contributed by atoms with E-state index >= 15 is 0 Å². The van der Waals surface area contributed by atoms with Crippen LogP contribution in [0.4, 0.5) is 0 Å². The summed E-state index contributed by atoms with van der Waals surface area (Å²) in [6.45, 7) is 0. The van der Waals surface area contributed by atoms with Crippen LogP contribution in [0, 0.1) is 0 Å². The standard InChI is InChI=1S/C92H52N10O2S2/c1-5-23-53(24-6-1)77-83-79(66-37-13-15-45-74(66)105-83)95-92(93-77)71-43-21-40-68-76-69(41-22-44-72(76)103-82(68)71)90-101-87(56-29-11-4-12-30-56)100-88(102-90)62-36-19-34-60(51-62)58-32-17-31-57(49-58)59-33-18-35-61(50-59)78-84-80(67-38-14-16-46-75(67)106-84)96-91(94-78)70-42-20-39-65-64-48-47-63(52-73(64)104-81(65)70)89-98-85(54-25-7-2-8-26-54)97-86(99-89)55-27-9-3-10-28-55/h1-52H. The first-order valence-corrected chi connectivity index (χ1v) is 36.5. The molecule has 0 atom stereocenters. The Morgan fingerprint density at radius 1 is 0.208 bits per heavy atom. The van der Waals surface area contributed by atoms with Crippen LogP contribution >= 0.6 is 22.7 Å². The van der Waals surface area contributed by atoms with Crippen molar-refractivity contribution < 1.29 is 8.83 Å². The van der Waals surface area contributed by atoms with Crippen molar-refractivity contribution in [3.05, 3.63) is 315 Å². The fourth-order valence-electron chi connectivity index (χ4n) is 14.6. The second kappa shape index (κ2) is 25.0. The highest BCUT2D eigenvalue weighted by Crippen LogP contribution is 2.46. The molecular formula is C92H52N10O2S2. The van der Waals surface area contributed by atoms with Crippen molar-refractivity contribution in [3.8, 4) is 136 Å². The molecule has 21 aromatic rings. The number of benzene rings is 13. The van der Waals surface area contributed by atoms with E-state index < -0.39 is 0 Å². The Kier molecular flexibility index (Phi) is 14.3. The van der Waals surface area contributed by atoms with Crippen LogP contribution in [-0.4, -0.2) is 49.8 Å². The molecule has 0 radical (unpaired) electrons. The molecule has 0 aliphatic carbocycles. The van der Waals surface area contributed by atoms with Crippen molar-refractivity contribution in [3.63, 3.8) is 0 Å². The summed E-state index contributed by atoms with van der Waals surface area (Å²) < 4.78 is 18.2. The normalized spacial score (nSPS) is 11.8. The Labute approximate surface area is 613 Å². The minimum atomic E-state index is 0.516. The lowest BCUT2D eigenvalue weighted by atomic mass is 9.96. The number of hydrogen-bond acceptors (Lipinski definition) is 14. The fourth-order valence-corrected chi connectivity index (χ4v) is 16.9. The molecule has 0 saturated carbocycles. The zero-order valence-corrected chi connectivity index (χ0v) is 57.8. The van der Waals surface area contributed by atoms with Crippen LogP contribution in [0.1, 0.15) is 0 Å². The fraction of sp³-hybridized carbons (Fsp3) is 0. The number of thiophene rings is 2. The van der Waals surface area contributed by atoms with Gasteiger partial charge in [-0.1, -0.05) is 255 Å². The topological polar surface area (TPSA) is 155 Å². The van der Waals surface area contributed by atoms with Crippen molar-refractivity contribution in [1.29, 1.82) is 0 Å². The monoisotopic (exact) mass is 1390 g/mol. The third kappa shape index (κ3) is 10.5. The van der Waals surface area contributed by atoms with Gasteiger partial charge >= 0.3 is 0 Å². The SMILES string of the molecule is c1ccc(-c2nc(-c3ccccc3)nc(-c3ccc4c(c3)oc3c(-c5nc(-c6cccc(-c7cccc(-c8cccc(-c9nc(-c%10ccccc%10)nc(-c%10cccc%11oc%12c(-c%13nc(-c%14ccccc%14)c%14sc%15ccccc%15c%14n%13)cccc%12c%10%11)n9)c8)c7)c6)c6sc7ccccc7c6n5)cccc34)n2)cc1. The summed E-state index contributed by atoms with van der Waals surface area (Å²) in [6, 6.07) is 108. The first kappa shape index (κ1) is 60.8. The van der Waals surface area contributed by atoms with Crippen molar-refractivity contribution >= 4 is 107 Å². The van der Waals surface area contributed by atoms with Gasteiger partial charge in [-0.05, 0) is 82.9 Å². The van der Waals surface area contributed by atoms with Crippen LogP contribution in [0.5, 0.6) is 0 Å².